The quantitative estimate of drug-likeness (QED) is 0.629. The summed E-state index contributed by atoms with van der Waals surface area (Å²) in [4.78, 5) is 11.5. The highest BCUT2D eigenvalue weighted by atomic mass is 16.5. The van der Waals surface area contributed by atoms with Gasteiger partial charge >= 0.3 is 0 Å². The number of ketones is 1. The Morgan fingerprint density at radius 1 is 1.29 bits per heavy atom. The van der Waals surface area contributed by atoms with Crippen molar-refractivity contribution in [2.24, 2.45) is 11.8 Å². The van der Waals surface area contributed by atoms with Crippen LogP contribution in [0.2, 0.25) is 0 Å². The Hall–Kier alpha value is -0.370. The summed E-state index contributed by atoms with van der Waals surface area (Å²) in [5, 5.41) is 0. The van der Waals surface area contributed by atoms with Crippen LogP contribution in [-0.2, 0) is 9.53 Å². The van der Waals surface area contributed by atoms with Gasteiger partial charge in [0, 0.05) is 19.4 Å². The van der Waals surface area contributed by atoms with Gasteiger partial charge in [-0.15, -0.1) is 0 Å². The highest BCUT2D eigenvalue weighted by Crippen LogP contribution is 2.29. The first-order chi connectivity index (χ1) is 8.13. The van der Waals surface area contributed by atoms with E-state index >= 15 is 0 Å². The average molecular weight is 240 g/mol. The SMILES string of the molecule is COC1CCCC(CCCCC(=O)C(C)C)C1. The monoisotopic (exact) mass is 240 g/mol. The minimum Gasteiger partial charge on any atom is -0.381 e. The van der Waals surface area contributed by atoms with Crippen molar-refractivity contribution in [1.82, 2.24) is 0 Å². The Bertz CT molecular complexity index is 223. The van der Waals surface area contributed by atoms with Gasteiger partial charge in [0.1, 0.15) is 5.78 Å². The largest absolute Gasteiger partial charge is 0.381 e. The van der Waals surface area contributed by atoms with Crippen molar-refractivity contribution in [2.45, 2.75) is 71.3 Å². The van der Waals surface area contributed by atoms with Crippen molar-refractivity contribution in [2.75, 3.05) is 7.11 Å². The molecule has 2 heteroatoms. The molecule has 1 saturated carbocycles. The maximum absolute atomic E-state index is 11.5. The third kappa shape index (κ3) is 5.67. The second-order valence-corrected chi connectivity index (χ2v) is 5.76. The molecule has 1 aliphatic carbocycles. The van der Waals surface area contributed by atoms with E-state index in [-0.39, 0.29) is 5.92 Å². The molecule has 100 valence electrons. The average Bonchev–Trinajstić information content (AvgIpc) is 2.34. The summed E-state index contributed by atoms with van der Waals surface area (Å²) >= 11 is 0. The fourth-order valence-corrected chi connectivity index (χ4v) is 2.74. The highest BCUT2D eigenvalue weighted by molar-refractivity contribution is 5.80. The Kier molecular flexibility index (Phi) is 6.79. The predicted octanol–water partition coefficient (Wildman–Crippen LogP) is 3.98. The van der Waals surface area contributed by atoms with Crippen LogP contribution in [0.5, 0.6) is 0 Å². The molecule has 0 radical (unpaired) electrons. The first-order valence-electron chi connectivity index (χ1n) is 7.19. The van der Waals surface area contributed by atoms with Gasteiger partial charge < -0.3 is 4.74 Å². The van der Waals surface area contributed by atoms with Gasteiger partial charge in [0.15, 0.2) is 0 Å². The molecule has 0 aromatic heterocycles. The van der Waals surface area contributed by atoms with Gasteiger partial charge in [0.05, 0.1) is 6.10 Å². The smallest absolute Gasteiger partial charge is 0.135 e. The van der Waals surface area contributed by atoms with Crippen LogP contribution in [0.1, 0.15) is 65.2 Å². The minimum absolute atomic E-state index is 0.211. The molecule has 0 amide bonds. The molecule has 0 bridgehead atoms. The number of carbonyl (C=O) groups excluding carboxylic acids is 1. The lowest BCUT2D eigenvalue weighted by molar-refractivity contribution is -0.122. The van der Waals surface area contributed by atoms with Gasteiger partial charge in [-0.2, -0.15) is 0 Å². The van der Waals surface area contributed by atoms with Gasteiger partial charge in [-0.3, -0.25) is 4.79 Å². The first-order valence-corrected chi connectivity index (χ1v) is 7.19. The Morgan fingerprint density at radius 2 is 2.06 bits per heavy atom. The fraction of sp³-hybridized carbons (Fsp3) is 0.933. The molecule has 0 aromatic carbocycles. The lowest BCUT2D eigenvalue weighted by Crippen LogP contribution is -2.21. The molecule has 2 atom stereocenters. The molecule has 0 N–H and O–H groups in total. The molecule has 1 rings (SSSR count). The molecule has 0 aromatic rings. The fourth-order valence-electron chi connectivity index (χ4n) is 2.74. The summed E-state index contributed by atoms with van der Waals surface area (Å²) in [5.41, 5.74) is 0. The van der Waals surface area contributed by atoms with Crippen molar-refractivity contribution in [3.05, 3.63) is 0 Å². The number of unbranched alkanes of at least 4 members (excludes halogenated alkanes) is 1. The molecule has 1 aliphatic rings. The zero-order valence-corrected chi connectivity index (χ0v) is 11.7. The topological polar surface area (TPSA) is 26.3 Å². The number of hydrogen-bond donors (Lipinski definition) is 0. The van der Waals surface area contributed by atoms with E-state index in [1.54, 1.807) is 0 Å². The van der Waals surface area contributed by atoms with Crippen LogP contribution in [0, 0.1) is 11.8 Å². The van der Waals surface area contributed by atoms with Gasteiger partial charge in [0.2, 0.25) is 0 Å². The molecule has 0 aliphatic heterocycles. The van der Waals surface area contributed by atoms with Crippen molar-refractivity contribution in [1.29, 1.82) is 0 Å². The van der Waals surface area contributed by atoms with Crippen LogP contribution in [0.15, 0.2) is 0 Å². The normalized spacial score (nSPS) is 25.2. The van der Waals surface area contributed by atoms with Crippen LogP contribution in [-0.4, -0.2) is 19.0 Å². The van der Waals surface area contributed by atoms with Crippen molar-refractivity contribution in [3.63, 3.8) is 0 Å². The molecule has 2 unspecified atom stereocenters. The molecule has 17 heavy (non-hydrogen) atoms. The highest BCUT2D eigenvalue weighted by Gasteiger charge is 2.21. The third-order valence-corrected chi connectivity index (χ3v) is 4.00. The van der Waals surface area contributed by atoms with E-state index in [0.717, 1.165) is 18.8 Å². The van der Waals surface area contributed by atoms with Gasteiger partial charge in [0.25, 0.3) is 0 Å². The minimum atomic E-state index is 0.211. The number of rotatable bonds is 7. The second-order valence-electron chi connectivity index (χ2n) is 5.76. The van der Waals surface area contributed by atoms with Gasteiger partial charge in [-0.05, 0) is 25.2 Å². The van der Waals surface area contributed by atoms with E-state index in [1.165, 1.54) is 38.5 Å². The van der Waals surface area contributed by atoms with Crippen LogP contribution >= 0.6 is 0 Å². The van der Waals surface area contributed by atoms with Crippen LogP contribution < -0.4 is 0 Å². The van der Waals surface area contributed by atoms with E-state index in [4.69, 9.17) is 4.74 Å². The molecule has 1 fully saturated rings. The number of methoxy groups -OCH3 is 1. The summed E-state index contributed by atoms with van der Waals surface area (Å²) in [6, 6.07) is 0. The Labute approximate surface area is 106 Å². The lowest BCUT2D eigenvalue weighted by Gasteiger charge is -2.28. The van der Waals surface area contributed by atoms with Crippen LogP contribution in [0.4, 0.5) is 0 Å². The third-order valence-electron chi connectivity index (χ3n) is 4.00. The van der Waals surface area contributed by atoms with Crippen molar-refractivity contribution < 1.29 is 9.53 Å². The molecule has 0 saturated heterocycles. The summed E-state index contributed by atoms with van der Waals surface area (Å²) in [6.45, 7) is 3.99. The number of ether oxygens (including phenoxy) is 1. The Morgan fingerprint density at radius 3 is 2.71 bits per heavy atom. The molecule has 0 heterocycles. The molecular formula is C15H28O2. The summed E-state index contributed by atoms with van der Waals surface area (Å²) in [5.74, 6) is 1.47. The standard InChI is InChI=1S/C15H28O2/c1-12(2)15(16)10-5-4-7-13-8-6-9-14(11-13)17-3/h12-14H,4-11H2,1-3H3. The molecule has 2 nitrogen and oxygen atoms in total. The zero-order chi connectivity index (χ0) is 12.7. The molecular weight excluding hydrogens is 212 g/mol. The summed E-state index contributed by atoms with van der Waals surface area (Å²) in [6.07, 6.45) is 9.97. The van der Waals surface area contributed by atoms with E-state index in [9.17, 15) is 4.79 Å². The Balaban J connectivity index is 2.08. The number of hydrogen-bond acceptors (Lipinski definition) is 2. The van der Waals surface area contributed by atoms with E-state index in [1.807, 2.05) is 21.0 Å². The second kappa shape index (κ2) is 7.86. The number of Topliss-reactive ketones (excluding diaryl/α,β-unsaturated/α-hetero) is 1. The first kappa shape index (κ1) is 14.7. The van der Waals surface area contributed by atoms with Crippen molar-refractivity contribution in [3.8, 4) is 0 Å². The maximum atomic E-state index is 11.5. The summed E-state index contributed by atoms with van der Waals surface area (Å²) < 4.78 is 5.44. The zero-order valence-electron chi connectivity index (χ0n) is 11.7. The van der Waals surface area contributed by atoms with Crippen LogP contribution in [0.3, 0.4) is 0 Å². The van der Waals surface area contributed by atoms with Gasteiger partial charge in [-0.25, -0.2) is 0 Å². The van der Waals surface area contributed by atoms with E-state index in [2.05, 4.69) is 0 Å². The number of carbonyl (C=O) groups is 1. The molecule has 0 spiro atoms. The lowest BCUT2D eigenvalue weighted by atomic mass is 9.83. The van der Waals surface area contributed by atoms with E-state index < -0.39 is 0 Å². The van der Waals surface area contributed by atoms with Crippen molar-refractivity contribution >= 4 is 5.78 Å². The van der Waals surface area contributed by atoms with Gasteiger partial charge in [-0.1, -0.05) is 39.5 Å². The van der Waals surface area contributed by atoms with Crippen LogP contribution in [0.25, 0.3) is 0 Å². The summed E-state index contributed by atoms with van der Waals surface area (Å²) in [7, 11) is 1.83. The predicted molar refractivity (Wildman–Crippen MR) is 71.1 cm³/mol. The van der Waals surface area contributed by atoms with E-state index in [0.29, 0.717) is 11.9 Å². The maximum Gasteiger partial charge on any atom is 0.135 e.